The van der Waals surface area contributed by atoms with Crippen molar-refractivity contribution in [3.8, 4) is 0 Å². The first-order valence-corrected chi connectivity index (χ1v) is 9.11. The Morgan fingerprint density at radius 3 is 2.46 bits per heavy atom. The van der Waals surface area contributed by atoms with Crippen molar-refractivity contribution in [2.24, 2.45) is 0 Å². The number of carboxylic acids is 1. The average Bonchev–Trinajstić information content (AvgIpc) is 3.37. The van der Waals surface area contributed by atoms with Crippen molar-refractivity contribution in [3.63, 3.8) is 0 Å². The van der Waals surface area contributed by atoms with E-state index in [-0.39, 0.29) is 36.3 Å². The molecule has 0 aromatic heterocycles. The van der Waals surface area contributed by atoms with Crippen molar-refractivity contribution in [2.45, 2.75) is 29.8 Å². The summed E-state index contributed by atoms with van der Waals surface area (Å²) < 4.78 is 31.9. The number of sulfonamides is 1. The first-order valence-electron chi connectivity index (χ1n) is 7.62. The van der Waals surface area contributed by atoms with Crippen LogP contribution in [-0.2, 0) is 19.6 Å². The van der Waals surface area contributed by atoms with Crippen LogP contribution < -0.4 is 4.72 Å². The molecule has 0 radical (unpaired) electrons. The number of benzene rings is 1. The number of hydrogen-bond acceptors (Lipinski definition) is 5. The molecule has 1 aromatic rings. The molecule has 1 saturated heterocycles. The highest BCUT2D eigenvalue weighted by Gasteiger charge is 2.33. The third-order valence-electron chi connectivity index (χ3n) is 3.99. The molecule has 1 saturated carbocycles. The Morgan fingerprint density at radius 2 is 1.88 bits per heavy atom. The van der Waals surface area contributed by atoms with Crippen molar-refractivity contribution >= 4 is 21.9 Å². The van der Waals surface area contributed by atoms with Crippen LogP contribution in [-0.4, -0.2) is 62.1 Å². The summed E-state index contributed by atoms with van der Waals surface area (Å²) in [5.41, 5.74) is 0.244. The van der Waals surface area contributed by atoms with Gasteiger partial charge >= 0.3 is 5.97 Å². The number of nitrogens with zero attached hydrogens (tertiary/aromatic N) is 1. The molecule has 1 aromatic carbocycles. The van der Waals surface area contributed by atoms with E-state index in [1.165, 1.54) is 29.2 Å². The quantitative estimate of drug-likeness (QED) is 0.773. The topological polar surface area (TPSA) is 113 Å². The molecule has 1 aliphatic heterocycles. The van der Waals surface area contributed by atoms with E-state index in [0.717, 1.165) is 12.8 Å². The fourth-order valence-electron chi connectivity index (χ4n) is 2.48. The number of nitrogens with one attached hydrogen (secondary N) is 1. The molecular formula is C15H18N2O6S. The van der Waals surface area contributed by atoms with Crippen molar-refractivity contribution in [2.75, 3.05) is 19.8 Å². The standard InChI is InChI=1S/C15H18N2O6S/c18-14(17-7-8-23-9-13(17)15(19)20)10-1-5-12(6-2-10)24(21,22)16-11-3-4-11/h1-2,5-6,11,13,16H,3-4,7-9H2,(H,19,20). The molecule has 1 heterocycles. The SMILES string of the molecule is O=C(O)C1COCCN1C(=O)c1ccc(S(=O)(=O)NC2CC2)cc1. The number of carbonyl (C=O) groups is 2. The van der Waals surface area contributed by atoms with Crippen LogP contribution in [0, 0.1) is 0 Å². The normalized spacial score (nSPS) is 21.5. The molecule has 2 N–H and O–H groups in total. The molecule has 1 unspecified atom stereocenters. The van der Waals surface area contributed by atoms with Crippen LogP contribution in [0.3, 0.4) is 0 Å². The fourth-order valence-corrected chi connectivity index (χ4v) is 3.79. The van der Waals surface area contributed by atoms with Gasteiger partial charge in [-0.05, 0) is 37.1 Å². The minimum Gasteiger partial charge on any atom is -0.480 e. The molecule has 24 heavy (non-hydrogen) atoms. The van der Waals surface area contributed by atoms with Crippen molar-refractivity contribution in [3.05, 3.63) is 29.8 Å². The summed E-state index contributed by atoms with van der Waals surface area (Å²) in [6, 6.07) is 4.48. The van der Waals surface area contributed by atoms with Gasteiger partial charge in [-0.3, -0.25) is 4.79 Å². The van der Waals surface area contributed by atoms with E-state index < -0.39 is 27.9 Å². The van der Waals surface area contributed by atoms with Gasteiger partial charge in [-0.25, -0.2) is 17.9 Å². The van der Waals surface area contributed by atoms with E-state index in [9.17, 15) is 23.1 Å². The summed E-state index contributed by atoms with van der Waals surface area (Å²) >= 11 is 0. The number of aliphatic carboxylic acids is 1. The predicted octanol–water partition coefficient (Wildman–Crippen LogP) is 0.0529. The Balaban J connectivity index is 1.77. The van der Waals surface area contributed by atoms with Gasteiger partial charge < -0.3 is 14.7 Å². The van der Waals surface area contributed by atoms with Crippen molar-refractivity contribution < 1.29 is 27.9 Å². The zero-order valence-corrected chi connectivity index (χ0v) is 13.7. The van der Waals surface area contributed by atoms with Crippen LogP contribution in [0.15, 0.2) is 29.2 Å². The number of amides is 1. The van der Waals surface area contributed by atoms with Gasteiger partial charge in [-0.1, -0.05) is 0 Å². The minimum absolute atomic E-state index is 0.000910. The molecule has 1 aliphatic carbocycles. The fraction of sp³-hybridized carbons (Fsp3) is 0.467. The molecule has 9 heteroatoms. The molecule has 1 amide bonds. The Kier molecular flexibility index (Phi) is 4.57. The lowest BCUT2D eigenvalue weighted by molar-refractivity contribution is -0.147. The molecule has 3 rings (SSSR count). The highest BCUT2D eigenvalue weighted by atomic mass is 32.2. The van der Waals surface area contributed by atoms with E-state index in [2.05, 4.69) is 4.72 Å². The van der Waals surface area contributed by atoms with Crippen LogP contribution in [0.25, 0.3) is 0 Å². The largest absolute Gasteiger partial charge is 0.480 e. The van der Waals surface area contributed by atoms with Gasteiger partial charge in [0.2, 0.25) is 10.0 Å². The van der Waals surface area contributed by atoms with E-state index in [4.69, 9.17) is 4.74 Å². The van der Waals surface area contributed by atoms with Crippen molar-refractivity contribution in [1.29, 1.82) is 0 Å². The Hall–Kier alpha value is -1.97. The van der Waals surface area contributed by atoms with Gasteiger partial charge in [0.1, 0.15) is 0 Å². The highest BCUT2D eigenvalue weighted by Crippen LogP contribution is 2.22. The first kappa shape index (κ1) is 16.9. The first-order chi connectivity index (χ1) is 11.4. The number of carboxylic acid groups (broad SMARTS) is 1. The third kappa shape index (κ3) is 3.58. The highest BCUT2D eigenvalue weighted by molar-refractivity contribution is 7.89. The van der Waals surface area contributed by atoms with Crippen LogP contribution in [0.5, 0.6) is 0 Å². The molecule has 0 bridgehead atoms. The average molecular weight is 354 g/mol. The molecule has 0 spiro atoms. The lowest BCUT2D eigenvalue weighted by Crippen LogP contribution is -2.52. The van der Waals surface area contributed by atoms with Crippen LogP contribution >= 0.6 is 0 Å². The van der Waals surface area contributed by atoms with Gasteiger partial charge in [-0.15, -0.1) is 0 Å². The zero-order chi connectivity index (χ0) is 17.3. The summed E-state index contributed by atoms with van der Waals surface area (Å²) in [6.45, 7) is 0.394. The molecule has 8 nitrogen and oxygen atoms in total. The van der Waals surface area contributed by atoms with Crippen LogP contribution in [0.1, 0.15) is 23.2 Å². The second-order valence-corrected chi connectivity index (χ2v) is 7.56. The smallest absolute Gasteiger partial charge is 0.328 e. The van der Waals surface area contributed by atoms with Crippen molar-refractivity contribution in [1.82, 2.24) is 9.62 Å². The summed E-state index contributed by atoms with van der Waals surface area (Å²) in [4.78, 5) is 25.1. The van der Waals surface area contributed by atoms with Gasteiger partial charge in [-0.2, -0.15) is 0 Å². The number of rotatable bonds is 5. The summed E-state index contributed by atoms with van der Waals surface area (Å²) in [6.07, 6.45) is 1.67. The van der Waals surface area contributed by atoms with Crippen LogP contribution in [0.2, 0.25) is 0 Å². The van der Waals surface area contributed by atoms with Crippen LogP contribution in [0.4, 0.5) is 0 Å². The summed E-state index contributed by atoms with van der Waals surface area (Å²) in [5.74, 6) is -1.58. The Morgan fingerprint density at radius 1 is 1.21 bits per heavy atom. The minimum atomic E-state index is -3.58. The summed E-state index contributed by atoms with van der Waals surface area (Å²) in [7, 11) is -3.58. The molecule has 2 aliphatic rings. The second kappa shape index (κ2) is 6.50. The maximum Gasteiger partial charge on any atom is 0.328 e. The number of morpholine rings is 1. The van der Waals surface area contributed by atoms with E-state index in [0.29, 0.717) is 0 Å². The molecular weight excluding hydrogens is 336 g/mol. The molecule has 2 fully saturated rings. The third-order valence-corrected chi connectivity index (χ3v) is 5.52. The summed E-state index contributed by atoms with van der Waals surface area (Å²) in [5, 5.41) is 9.18. The monoisotopic (exact) mass is 354 g/mol. The molecule has 1 atom stereocenters. The number of hydrogen-bond donors (Lipinski definition) is 2. The van der Waals surface area contributed by atoms with Gasteiger partial charge in [0.15, 0.2) is 6.04 Å². The van der Waals surface area contributed by atoms with E-state index in [1.54, 1.807) is 0 Å². The molecule has 130 valence electrons. The lowest BCUT2D eigenvalue weighted by Gasteiger charge is -2.32. The Bertz CT molecular complexity index is 742. The maximum absolute atomic E-state index is 12.5. The predicted molar refractivity (Wildman–Crippen MR) is 83.1 cm³/mol. The second-order valence-electron chi connectivity index (χ2n) is 5.85. The van der Waals surface area contributed by atoms with Gasteiger partial charge in [0.25, 0.3) is 5.91 Å². The van der Waals surface area contributed by atoms with E-state index >= 15 is 0 Å². The van der Waals surface area contributed by atoms with E-state index in [1.807, 2.05) is 0 Å². The number of ether oxygens (including phenoxy) is 1. The Labute approximate surface area is 139 Å². The van der Waals surface area contributed by atoms with Gasteiger partial charge in [0.05, 0.1) is 18.1 Å². The number of carbonyl (C=O) groups excluding carboxylic acids is 1. The van der Waals surface area contributed by atoms with Gasteiger partial charge in [0, 0.05) is 18.2 Å². The maximum atomic E-state index is 12.5. The lowest BCUT2D eigenvalue weighted by atomic mass is 10.1. The zero-order valence-electron chi connectivity index (χ0n) is 12.8.